The number of likely N-dealkylation sites (N-methyl/N-ethyl adjacent to an activating group) is 1. The van der Waals surface area contributed by atoms with Crippen LogP contribution in [0.4, 0.5) is 5.69 Å². The molecular formula is C20H29N5OS. The van der Waals surface area contributed by atoms with Crippen molar-refractivity contribution in [3.63, 3.8) is 0 Å². The molecule has 0 saturated heterocycles. The molecule has 0 fully saturated rings. The number of thiophene rings is 1. The third kappa shape index (κ3) is 7.70. The zero-order valence-corrected chi connectivity index (χ0v) is 17.1. The Morgan fingerprint density at radius 2 is 1.89 bits per heavy atom. The summed E-state index contributed by atoms with van der Waals surface area (Å²) in [6.45, 7) is 2.54. The summed E-state index contributed by atoms with van der Waals surface area (Å²) in [5.41, 5.74) is 2.38. The lowest BCUT2D eigenvalue weighted by molar-refractivity contribution is -0.127. The van der Waals surface area contributed by atoms with E-state index in [0.717, 1.165) is 19.5 Å². The average molecular weight is 388 g/mol. The topological polar surface area (TPSA) is 60.0 Å². The van der Waals surface area contributed by atoms with Crippen molar-refractivity contribution in [3.05, 3.63) is 52.7 Å². The number of carbonyl (C=O) groups excluding carboxylic acids is 1. The van der Waals surface area contributed by atoms with Crippen molar-refractivity contribution >= 4 is 28.9 Å². The van der Waals surface area contributed by atoms with Crippen molar-refractivity contribution in [2.75, 3.05) is 45.7 Å². The van der Waals surface area contributed by atoms with Gasteiger partial charge in [-0.15, -0.1) is 0 Å². The van der Waals surface area contributed by atoms with E-state index < -0.39 is 0 Å². The largest absolute Gasteiger partial charge is 0.375 e. The molecule has 0 saturated carbocycles. The van der Waals surface area contributed by atoms with Crippen LogP contribution in [0.5, 0.6) is 0 Å². The Kier molecular flexibility index (Phi) is 8.64. The highest BCUT2D eigenvalue weighted by molar-refractivity contribution is 7.07. The van der Waals surface area contributed by atoms with Crippen LogP contribution in [0.2, 0.25) is 0 Å². The molecule has 0 radical (unpaired) electrons. The number of nitrogens with one attached hydrogen (secondary N) is 2. The van der Waals surface area contributed by atoms with Crippen molar-refractivity contribution in [1.82, 2.24) is 15.5 Å². The summed E-state index contributed by atoms with van der Waals surface area (Å²) >= 11 is 1.66. The van der Waals surface area contributed by atoms with Crippen molar-refractivity contribution in [3.8, 4) is 0 Å². The molecular weight excluding hydrogens is 358 g/mol. The van der Waals surface area contributed by atoms with Gasteiger partial charge in [0.1, 0.15) is 0 Å². The number of amides is 1. The third-order valence-corrected chi connectivity index (χ3v) is 4.80. The summed E-state index contributed by atoms with van der Waals surface area (Å²) < 4.78 is 0. The lowest BCUT2D eigenvalue weighted by Gasteiger charge is -2.20. The number of hydrogen-bond donors (Lipinski definition) is 2. The quantitative estimate of drug-likeness (QED) is 0.394. The number of rotatable bonds is 9. The van der Waals surface area contributed by atoms with Gasteiger partial charge in [-0.1, -0.05) is 18.2 Å². The molecule has 0 atom stereocenters. The van der Waals surface area contributed by atoms with E-state index in [9.17, 15) is 4.79 Å². The number of guanidine groups is 1. The molecule has 1 aromatic carbocycles. The number of aliphatic imine (C=N–C) groups is 1. The van der Waals surface area contributed by atoms with Crippen LogP contribution in [0.1, 0.15) is 12.0 Å². The highest BCUT2D eigenvalue weighted by Gasteiger charge is 2.06. The third-order valence-electron chi connectivity index (χ3n) is 4.07. The van der Waals surface area contributed by atoms with Crippen LogP contribution in [0.25, 0.3) is 0 Å². The molecule has 146 valence electrons. The Hall–Kier alpha value is -2.54. The molecule has 0 aliphatic rings. The molecule has 7 heteroatoms. The van der Waals surface area contributed by atoms with E-state index in [0.29, 0.717) is 12.5 Å². The van der Waals surface area contributed by atoms with Crippen LogP contribution in [0.15, 0.2) is 52.2 Å². The fraction of sp³-hybridized carbons (Fsp3) is 0.400. The molecule has 1 amide bonds. The van der Waals surface area contributed by atoms with E-state index in [2.05, 4.69) is 51.2 Å². The first-order valence-electron chi connectivity index (χ1n) is 9.06. The van der Waals surface area contributed by atoms with Gasteiger partial charge in [0.25, 0.3) is 0 Å². The highest BCUT2D eigenvalue weighted by Crippen LogP contribution is 2.10. The lowest BCUT2D eigenvalue weighted by atomic mass is 10.3. The molecule has 0 aliphatic heterocycles. The number of benzene rings is 1. The van der Waals surface area contributed by atoms with E-state index in [1.807, 2.05) is 23.6 Å². The molecule has 2 N–H and O–H groups in total. The molecule has 0 spiro atoms. The predicted octanol–water partition coefficient (Wildman–Crippen LogP) is 2.40. The van der Waals surface area contributed by atoms with E-state index in [4.69, 9.17) is 0 Å². The Labute approximate surface area is 165 Å². The van der Waals surface area contributed by atoms with Gasteiger partial charge in [0.2, 0.25) is 5.91 Å². The van der Waals surface area contributed by atoms with Crippen LogP contribution in [0, 0.1) is 0 Å². The highest BCUT2D eigenvalue weighted by atomic mass is 32.1. The second-order valence-corrected chi connectivity index (χ2v) is 7.26. The molecule has 0 bridgehead atoms. The first-order chi connectivity index (χ1) is 13.1. The van der Waals surface area contributed by atoms with Crippen molar-refractivity contribution in [1.29, 1.82) is 0 Å². The molecule has 2 rings (SSSR count). The van der Waals surface area contributed by atoms with E-state index >= 15 is 0 Å². The van der Waals surface area contributed by atoms with Crippen LogP contribution in [-0.4, -0.2) is 57.5 Å². The SMILES string of the molecule is CN(C)C(=O)CNC(=NCc1ccsc1)NCCCN(C)c1ccccc1. The number of hydrogen-bond acceptors (Lipinski definition) is 4. The van der Waals surface area contributed by atoms with Crippen LogP contribution in [-0.2, 0) is 11.3 Å². The number of para-hydroxylation sites is 1. The molecule has 1 heterocycles. The fourth-order valence-electron chi connectivity index (χ4n) is 2.38. The normalized spacial score (nSPS) is 11.1. The van der Waals surface area contributed by atoms with Gasteiger partial charge in [-0.2, -0.15) is 11.3 Å². The molecule has 6 nitrogen and oxygen atoms in total. The molecule has 0 unspecified atom stereocenters. The maximum Gasteiger partial charge on any atom is 0.241 e. The van der Waals surface area contributed by atoms with Gasteiger partial charge in [-0.3, -0.25) is 4.79 Å². The zero-order valence-electron chi connectivity index (χ0n) is 16.3. The first kappa shape index (κ1) is 20.8. The fourth-order valence-corrected chi connectivity index (χ4v) is 3.04. The van der Waals surface area contributed by atoms with Crippen molar-refractivity contribution in [2.24, 2.45) is 4.99 Å². The van der Waals surface area contributed by atoms with Crippen LogP contribution < -0.4 is 15.5 Å². The van der Waals surface area contributed by atoms with Gasteiger partial charge in [-0.25, -0.2) is 4.99 Å². The average Bonchev–Trinajstić information content (AvgIpc) is 3.20. The Morgan fingerprint density at radius 1 is 1.11 bits per heavy atom. The van der Waals surface area contributed by atoms with E-state index in [1.165, 1.54) is 11.3 Å². The van der Waals surface area contributed by atoms with Crippen LogP contribution >= 0.6 is 11.3 Å². The Morgan fingerprint density at radius 3 is 2.56 bits per heavy atom. The standard InChI is InChI=1S/C20H29N5OS/c1-24(2)19(26)15-23-20(22-14-17-10-13-27-16-17)21-11-7-12-25(3)18-8-5-4-6-9-18/h4-6,8-10,13,16H,7,11-12,14-15H2,1-3H3,(H2,21,22,23). The first-order valence-corrected chi connectivity index (χ1v) is 10.00. The van der Waals surface area contributed by atoms with Gasteiger partial charge in [0.15, 0.2) is 5.96 Å². The molecule has 27 heavy (non-hydrogen) atoms. The van der Waals surface area contributed by atoms with Gasteiger partial charge in [0, 0.05) is 39.9 Å². The zero-order chi connectivity index (χ0) is 19.5. The van der Waals surface area contributed by atoms with E-state index in [1.54, 1.807) is 30.3 Å². The minimum absolute atomic E-state index is 0.0174. The summed E-state index contributed by atoms with van der Waals surface area (Å²) in [6.07, 6.45) is 0.964. The second-order valence-electron chi connectivity index (χ2n) is 6.48. The minimum Gasteiger partial charge on any atom is -0.375 e. The number of carbonyl (C=O) groups is 1. The Balaban J connectivity index is 1.81. The van der Waals surface area contributed by atoms with Crippen LogP contribution in [0.3, 0.4) is 0 Å². The Bertz CT molecular complexity index is 700. The maximum atomic E-state index is 11.8. The summed E-state index contributed by atoms with van der Waals surface area (Å²) in [7, 11) is 5.59. The summed E-state index contributed by atoms with van der Waals surface area (Å²) in [5.74, 6) is 0.683. The predicted molar refractivity (Wildman–Crippen MR) is 114 cm³/mol. The molecule has 1 aromatic heterocycles. The summed E-state index contributed by atoms with van der Waals surface area (Å²) in [6, 6.07) is 12.4. The minimum atomic E-state index is 0.0174. The second kappa shape index (κ2) is 11.2. The van der Waals surface area contributed by atoms with Gasteiger partial charge < -0.3 is 20.4 Å². The lowest BCUT2D eigenvalue weighted by Crippen LogP contribution is -2.43. The maximum absolute atomic E-state index is 11.8. The van der Waals surface area contributed by atoms with Gasteiger partial charge in [-0.05, 0) is 40.9 Å². The van der Waals surface area contributed by atoms with Gasteiger partial charge >= 0.3 is 0 Å². The smallest absolute Gasteiger partial charge is 0.241 e. The number of nitrogens with zero attached hydrogens (tertiary/aromatic N) is 3. The number of anilines is 1. The van der Waals surface area contributed by atoms with Gasteiger partial charge in [0.05, 0.1) is 13.1 Å². The van der Waals surface area contributed by atoms with Crippen molar-refractivity contribution < 1.29 is 4.79 Å². The molecule has 2 aromatic rings. The summed E-state index contributed by atoms with van der Waals surface area (Å²) in [5, 5.41) is 10.6. The van der Waals surface area contributed by atoms with Crippen molar-refractivity contribution in [2.45, 2.75) is 13.0 Å². The van der Waals surface area contributed by atoms with E-state index in [-0.39, 0.29) is 12.5 Å². The summed E-state index contributed by atoms with van der Waals surface area (Å²) in [4.78, 5) is 20.2. The monoisotopic (exact) mass is 387 g/mol. The molecule has 0 aliphatic carbocycles.